The molecule has 1 N–H and O–H groups in total. The third-order valence-corrected chi connectivity index (χ3v) is 4.86. The molecule has 122 valence electrons. The van der Waals surface area contributed by atoms with Crippen LogP contribution in [-0.4, -0.2) is 24.0 Å². The lowest BCUT2D eigenvalue weighted by Crippen LogP contribution is -2.54. The van der Waals surface area contributed by atoms with Gasteiger partial charge in [0.2, 0.25) is 0 Å². The molecule has 2 amide bonds. The number of nitrogens with zero attached hydrogens (tertiary/aromatic N) is 1. The van der Waals surface area contributed by atoms with Crippen LogP contribution >= 0.6 is 23.6 Å². The zero-order chi connectivity index (χ0) is 17.3. The Bertz CT molecular complexity index is 870. The first-order valence-corrected chi connectivity index (χ1v) is 8.40. The van der Waals surface area contributed by atoms with Crippen molar-refractivity contribution in [3.05, 3.63) is 51.7 Å². The van der Waals surface area contributed by atoms with Crippen molar-refractivity contribution in [2.24, 2.45) is 0 Å². The maximum absolute atomic E-state index is 12.9. The Labute approximate surface area is 148 Å². The molecule has 2 heterocycles. The topological polar surface area (TPSA) is 58.6 Å². The molecule has 1 aromatic carbocycles. The monoisotopic (exact) mass is 358 g/mol. The molecule has 1 aliphatic rings. The number of benzene rings is 1. The molecule has 0 radical (unpaired) electrons. The van der Waals surface area contributed by atoms with Gasteiger partial charge in [-0.15, -0.1) is 11.3 Å². The molecule has 3 rings (SSSR count). The van der Waals surface area contributed by atoms with Gasteiger partial charge in [-0.2, -0.15) is 0 Å². The summed E-state index contributed by atoms with van der Waals surface area (Å²) in [5, 5.41) is 4.52. The molecule has 1 aliphatic heterocycles. The van der Waals surface area contributed by atoms with E-state index in [1.54, 1.807) is 30.3 Å². The van der Waals surface area contributed by atoms with Crippen molar-refractivity contribution in [1.29, 1.82) is 0 Å². The summed E-state index contributed by atoms with van der Waals surface area (Å²) < 4.78 is 5.30. The van der Waals surface area contributed by atoms with Crippen LogP contribution in [0.25, 0.3) is 6.08 Å². The number of anilines is 1. The lowest BCUT2D eigenvalue weighted by atomic mass is 10.1. The van der Waals surface area contributed by atoms with Gasteiger partial charge in [-0.25, -0.2) is 4.90 Å². The molecule has 0 spiro atoms. The molecule has 0 atom stereocenters. The minimum Gasteiger partial charge on any atom is -0.495 e. The average molecular weight is 358 g/mol. The summed E-state index contributed by atoms with van der Waals surface area (Å²) in [6.45, 7) is 1.93. The Balaban J connectivity index is 2.07. The number of methoxy groups -OCH3 is 1. The van der Waals surface area contributed by atoms with Crippen LogP contribution in [0.5, 0.6) is 5.75 Å². The number of carbonyl (C=O) groups excluding carboxylic acids is 2. The number of hydrogen-bond donors (Lipinski definition) is 1. The third-order valence-electron chi connectivity index (χ3n) is 3.60. The maximum atomic E-state index is 12.9. The van der Waals surface area contributed by atoms with E-state index in [-0.39, 0.29) is 10.7 Å². The highest BCUT2D eigenvalue weighted by molar-refractivity contribution is 7.80. The van der Waals surface area contributed by atoms with E-state index in [0.29, 0.717) is 11.4 Å². The van der Waals surface area contributed by atoms with E-state index in [4.69, 9.17) is 17.0 Å². The van der Waals surface area contributed by atoms with Gasteiger partial charge in [-0.1, -0.05) is 12.1 Å². The predicted octanol–water partition coefficient (Wildman–Crippen LogP) is 2.90. The number of aryl methyl sites for hydroxylation is 1. The summed E-state index contributed by atoms with van der Waals surface area (Å²) in [7, 11) is 1.51. The van der Waals surface area contributed by atoms with Gasteiger partial charge in [0.1, 0.15) is 11.3 Å². The standard InChI is InChI=1S/C17H14N2O3S2/c1-10-7-8-24-14(10)9-11-15(20)18-17(23)19(16(11)21)12-5-3-4-6-13(12)22-2/h3-9H,1-2H3,(H,18,20,23)/b11-9+. The quantitative estimate of drug-likeness (QED) is 0.521. The van der Waals surface area contributed by atoms with Crippen molar-refractivity contribution >= 4 is 52.2 Å². The number of thiophene rings is 1. The summed E-state index contributed by atoms with van der Waals surface area (Å²) in [6, 6.07) is 8.95. The first-order valence-electron chi connectivity index (χ1n) is 7.11. The summed E-state index contributed by atoms with van der Waals surface area (Å²) in [5.41, 5.74) is 1.54. The normalized spacial score (nSPS) is 16.5. The van der Waals surface area contributed by atoms with Gasteiger partial charge in [0.25, 0.3) is 11.8 Å². The van der Waals surface area contributed by atoms with E-state index in [9.17, 15) is 9.59 Å². The second kappa shape index (κ2) is 6.54. The third kappa shape index (κ3) is 2.83. The van der Waals surface area contributed by atoms with Crippen LogP contribution in [0.4, 0.5) is 5.69 Å². The van der Waals surface area contributed by atoms with Crippen molar-refractivity contribution in [1.82, 2.24) is 5.32 Å². The van der Waals surface area contributed by atoms with Gasteiger partial charge >= 0.3 is 0 Å². The maximum Gasteiger partial charge on any atom is 0.270 e. The van der Waals surface area contributed by atoms with E-state index >= 15 is 0 Å². The fourth-order valence-corrected chi connectivity index (χ4v) is 3.49. The van der Waals surface area contributed by atoms with Gasteiger partial charge in [0.15, 0.2) is 5.11 Å². The molecular weight excluding hydrogens is 344 g/mol. The molecule has 7 heteroatoms. The minimum absolute atomic E-state index is 0.0366. The van der Waals surface area contributed by atoms with E-state index in [0.717, 1.165) is 10.4 Å². The van der Waals surface area contributed by atoms with Gasteiger partial charge < -0.3 is 4.74 Å². The van der Waals surface area contributed by atoms with Crippen LogP contribution in [0.15, 0.2) is 41.3 Å². The van der Waals surface area contributed by atoms with Gasteiger partial charge in [-0.3, -0.25) is 14.9 Å². The Morgan fingerprint density at radius 2 is 2.00 bits per heavy atom. The van der Waals surface area contributed by atoms with E-state index in [2.05, 4.69) is 5.32 Å². The van der Waals surface area contributed by atoms with Crippen LogP contribution in [0.3, 0.4) is 0 Å². The molecule has 1 fully saturated rings. The molecule has 1 aromatic heterocycles. The number of amides is 2. The minimum atomic E-state index is -0.496. The van der Waals surface area contributed by atoms with Crippen LogP contribution < -0.4 is 15.0 Å². The average Bonchev–Trinajstić information content (AvgIpc) is 2.96. The van der Waals surface area contributed by atoms with E-state index < -0.39 is 11.8 Å². The molecule has 0 unspecified atom stereocenters. The Morgan fingerprint density at radius 3 is 2.67 bits per heavy atom. The largest absolute Gasteiger partial charge is 0.495 e. The SMILES string of the molecule is COc1ccccc1N1C(=O)/C(=C/c2sccc2C)C(=O)NC1=S. The molecule has 5 nitrogen and oxygen atoms in total. The first-order chi connectivity index (χ1) is 11.5. The second-order valence-corrected chi connectivity index (χ2v) is 6.43. The summed E-state index contributed by atoms with van der Waals surface area (Å²) in [6.07, 6.45) is 1.60. The summed E-state index contributed by atoms with van der Waals surface area (Å²) in [5.74, 6) is -0.471. The van der Waals surface area contributed by atoms with Crippen LogP contribution in [0.2, 0.25) is 0 Å². The summed E-state index contributed by atoms with van der Waals surface area (Å²) in [4.78, 5) is 27.3. The predicted molar refractivity (Wildman–Crippen MR) is 98.3 cm³/mol. The zero-order valence-electron chi connectivity index (χ0n) is 13.0. The highest BCUT2D eigenvalue weighted by Crippen LogP contribution is 2.31. The second-order valence-electron chi connectivity index (χ2n) is 5.10. The van der Waals surface area contributed by atoms with Crippen LogP contribution in [0.1, 0.15) is 10.4 Å². The number of thiocarbonyl (C=S) groups is 1. The molecule has 2 aromatic rings. The van der Waals surface area contributed by atoms with E-state index in [1.165, 1.54) is 23.3 Å². The number of hydrogen-bond acceptors (Lipinski definition) is 5. The number of rotatable bonds is 3. The number of ether oxygens (including phenoxy) is 1. The number of carbonyl (C=O) groups is 2. The fourth-order valence-electron chi connectivity index (χ4n) is 2.35. The van der Waals surface area contributed by atoms with Gasteiger partial charge in [0.05, 0.1) is 12.8 Å². The summed E-state index contributed by atoms with van der Waals surface area (Å²) >= 11 is 6.66. The van der Waals surface area contributed by atoms with Crippen molar-refractivity contribution in [2.45, 2.75) is 6.92 Å². The number of para-hydroxylation sites is 2. The smallest absolute Gasteiger partial charge is 0.270 e. The van der Waals surface area contributed by atoms with E-state index in [1.807, 2.05) is 18.4 Å². The first kappa shape index (κ1) is 16.4. The van der Waals surface area contributed by atoms with Crippen molar-refractivity contribution in [3.8, 4) is 5.75 Å². The zero-order valence-corrected chi connectivity index (χ0v) is 14.7. The van der Waals surface area contributed by atoms with Gasteiger partial charge in [0, 0.05) is 4.88 Å². The highest BCUT2D eigenvalue weighted by atomic mass is 32.1. The lowest BCUT2D eigenvalue weighted by Gasteiger charge is -2.29. The Hall–Kier alpha value is -2.51. The van der Waals surface area contributed by atoms with Crippen LogP contribution in [0, 0.1) is 6.92 Å². The molecule has 0 bridgehead atoms. The fraction of sp³-hybridized carbons (Fsp3) is 0.118. The molecule has 1 saturated heterocycles. The lowest BCUT2D eigenvalue weighted by molar-refractivity contribution is -0.122. The molecule has 24 heavy (non-hydrogen) atoms. The van der Waals surface area contributed by atoms with Crippen molar-refractivity contribution in [2.75, 3.05) is 12.0 Å². The number of nitrogens with one attached hydrogen (secondary N) is 1. The molecular formula is C17H14N2O3S2. The Morgan fingerprint density at radius 1 is 1.25 bits per heavy atom. The van der Waals surface area contributed by atoms with Crippen LogP contribution in [-0.2, 0) is 9.59 Å². The Kier molecular flexibility index (Phi) is 4.46. The molecule has 0 aliphatic carbocycles. The van der Waals surface area contributed by atoms with Crippen molar-refractivity contribution < 1.29 is 14.3 Å². The van der Waals surface area contributed by atoms with Gasteiger partial charge in [-0.05, 0) is 54.4 Å². The van der Waals surface area contributed by atoms with Crippen molar-refractivity contribution in [3.63, 3.8) is 0 Å². The molecule has 0 saturated carbocycles. The highest BCUT2D eigenvalue weighted by Gasteiger charge is 2.35.